The second kappa shape index (κ2) is 5.87. The maximum atomic E-state index is 11.7. The number of esters is 1. The lowest BCUT2D eigenvalue weighted by Gasteiger charge is -2.18. The van der Waals surface area contributed by atoms with E-state index in [1.54, 1.807) is 0 Å². The van der Waals surface area contributed by atoms with Gasteiger partial charge in [-0.1, -0.05) is 22.0 Å². The van der Waals surface area contributed by atoms with Gasteiger partial charge in [0.25, 0.3) is 0 Å². The number of benzene rings is 1. The molecular formula is C15H19BrO2. The zero-order valence-electron chi connectivity index (χ0n) is 11.0. The molecule has 1 aromatic carbocycles. The molecule has 0 heterocycles. The van der Waals surface area contributed by atoms with Crippen LogP contribution >= 0.6 is 15.9 Å². The van der Waals surface area contributed by atoms with E-state index in [-0.39, 0.29) is 12.1 Å². The van der Waals surface area contributed by atoms with Gasteiger partial charge in [-0.25, -0.2) is 0 Å². The number of hydrogen-bond acceptors (Lipinski definition) is 2. The zero-order chi connectivity index (χ0) is 13.1. The van der Waals surface area contributed by atoms with Gasteiger partial charge in [0.15, 0.2) is 0 Å². The highest BCUT2D eigenvalue weighted by Gasteiger charge is 2.15. The van der Waals surface area contributed by atoms with Crippen molar-refractivity contribution >= 4 is 21.9 Å². The quantitative estimate of drug-likeness (QED) is 0.793. The number of ether oxygens (including phenoxy) is 1. The summed E-state index contributed by atoms with van der Waals surface area (Å²) in [6, 6.07) is 4.34. The van der Waals surface area contributed by atoms with Crippen LogP contribution in [0.5, 0.6) is 0 Å². The molecule has 0 aliphatic heterocycles. The van der Waals surface area contributed by atoms with E-state index in [0.29, 0.717) is 6.42 Å². The molecule has 3 heteroatoms. The summed E-state index contributed by atoms with van der Waals surface area (Å²) >= 11 is 3.56. The monoisotopic (exact) mass is 310 g/mol. The number of carbonyl (C=O) groups is 1. The minimum Gasteiger partial charge on any atom is -0.463 e. The van der Waals surface area contributed by atoms with E-state index in [2.05, 4.69) is 28.1 Å². The van der Waals surface area contributed by atoms with Crippen molar-refractivity contribution in [3.63, 3.8) is 0 Å². The van der Waals surface area contributed by atoms with Gasteiger partial charge in [-0.3, -0.25) is 4.79 Å². The average molecular weight is 311 g/mol. The number of hydrogen-bond donors (Lipinski definition) is 0. The summed E-state index contributed by atoms with van der Waals surface area (Å²) in [5.41, 5.74) is 3.87. The summed E-state index contributed by atoms with van der Waals surface area (Å²) in [5, 5.41) is 0. The van der Waals surface area contributed by atoms with Gasteiger partial charge in [-0.05, 0) is 62.3 Å². The molecule has 0 saturated heterocycles. The lowest BCUT2D eigenvalue weighted by molar-refractivity contribution is -0.146. The summed E-state index contributed by atoms with van der Waals surface area (Å²) in [5.74, 6) is -0.151. The van der Waals surface area contributed by atoms with Crippen LogP contribution in [-0.4, -0.2) is 12.1 Å². The molecule has 0 atom stereocenters. The third kappa shape index (κ3) is 3.35. The fourth-order valence-electron chi connectivity index (χ4n) is 2.40. The van der Waals surface area contributed by atoms with Crippen LogP contribution in [0.25, 0.3) is 0 Å². The molecule has 2 rings (SSSR count). The van der Waals surface area contributed by atoms with Gasteiger partial charge in [-0.2, -0.15) is 0 Å². The van der Waals surface area contributed by atoms with E-state index < -0.39 is 0 Å². The second-order valence-corrected chi connectivity index (χ2v) is 5.99. The Hall–Kier alpha value is -0.830. The van der Waals surface area contributed by atoms with E-state index in [4.69, 9.17) is 4.74 Å². The number of rotatable bonds is 3. The fraction of sp³-hybridized carbons (Fsp3) is 0.533. The fourth-order valence-corrected chi connectivity index (χ4v) is 2.93. The first-order valence-corrected chi connectivity index (χ1v) is 7.35. The van der Waals surface area contributed by atoms with Crippen molar-refractivity contribution in [2.24, 2.45) is 0 Å². The first-order valence-electron chi connectivity index (χ1n) is 6.56. The van der Waals surface area contributed by atoms with Crippen molar-refractivity contribution < 1.29 is 9.53 Å². The zero-order valence-corrected chi connectivity index (χ0v) is 12.5. The molecule has 0 amide bonds. The highest BCUT2D eigenvalue weighted by atomic mass is 79.9. The van der Waals surface area contributed by atoms with Crippen LogP contribution in [0.3, 0.4) is 0 Å². The van der Waals surface area contributed by atoms with Crippen LogP contribution in [-0.2, 0) is 28.8 Å². The number of fused-ring (bicyclic) bond motifs is 1. The second-order valence-electron chi connectivity index (χ2n) is 5.13. The van der Waals surface area contributed by atoms with Crippen molar-refractivity contribution in [3.05, 3.63) is 33.3 Å². The molecule has 2 nitrogen and oxygen atoms in total. The van der Waals surface area contributed by atoms with Crippen LogP contribution in [0.15, 0.2) is 16.6 Å². The maximum Gasteiger partial charge on any atom is 0.310 e. The molecule has 0 radical (unpaired) electrons. The molecule has 1 aliphatic rings. The van der Waals surface area contributed by atoms with Gasteiger partial charge in [0.2, 0.25) is 0 Å². The highest BCUT2D eigenvalue weighted by molar-refractivity contribution is 9.10. The van der Waals surface area contributed by atoms with E-state index in [0.717, 1.165) is 22.9 Å². The number of aryl methyl sites for hydroxylation is 2. The van der Waals surface area contributed by atoms with Gasteiger partial charge < -0.3 is 4.74 Å². The van der Waals surface area contributed by atoms with Crippen molar-refractivity contribution in [1.29, 1.82) is 0 Å². The molecule has 0 N–H and O–H groups in total. The lowest BCUT2D eigenvalue weighted by Crippen LogP contribution is -2.14. The maximum absolute atomic E-state index is 11.7. The van der Waals surface area contributed by atoms with Gasteiger partial charge in [0.05, 0.1) is 12.5 Å². The van der Waals surface area contributed by atoms with Crippen LogP contribution in [0.2, 0.25) is 0 Å². The van der Waals surface area contributed by atoms with Gasteiger partial charge in [0.1, 0.15) is 0 Å². The summed E-state index contributed by atoms with van der Waals surface area (Å²) in [7, 11) is 0. The van der Waals surface area contributed by atoms with Crippen molar-refractivity contribution in [3.8, 4) is 0 Å². The standard InChI is InChI=1S/C15H19BrO2/c1-10(2)18-15(17)9-13-7-11-5-3-4-6-12(11)8-14(13)16/h7-8,10H,3-6,9H2,1-2H3. The Kier molecular flexibility index (Phi) is 4.44. The Bertz CT molecular complexity index is 452. The molecule has 98 valence electrons. The van der Waals surface area contributed by atoms with Crippen LogP contribution in [0.1, 0.15) is 43.4 Å². The Labute approximate surface area is 117 Å². The minimum absolute atomic E-state index is 0.0473. The predicted molar refractivity (Wildman–Crippen MR) is 75.7 cm³/mol. The third-order valence-electron chi connectivity index (χ3n) is 3.21. The minimum atomic E-state index is -0.151. The van der Waals surface area contributed by atoms with Gasteiger partial charge >= 0.3 is 5.97 Å². The Balaban J connectivity index is 2.15. The topological polar surface area (TPSA) is 26.3 Å². The highest BCUT2D eigenvalue weighted by Crippen LogP contribution is 2.28. The molecule has 0 saturated carbocycles. The van der Waals surface area contributed by atoms with E-state index in [1.807, 2.05) is 13.8 Å². The van der Waals surface area contributed by atoms with E-state index in [1.165, 1.54) is 24.0 Å². The predicted octanol–water partition coefficient (Wildman–Crippen LogP) is 3.82. The largest absolute Gasteiger partial charge is 0.463 e. The first-order chi connectivity index (χ1) is 8.56. The molecule has 1 aliphatic carbocycles. The Morgan fingerprint density at radius 1 is 1.28 bits per heavy atom. The smallest absolute Gasteiger partial charge is 0.310 e. The average Bonchev–Trinajstić information content (AvgIpc) is 2.29. The van der Waals surface area contributed by atoms with Crippen molar-refractivity contribution in [2.75, 3.05) is 0 Å². The summed E-state index contributed by atoms with van der Waals surface area (Å²) in [6.07, 6.45) is 5.12. The molecule has 18 heavy (non-hydrogen) atoms. The van der Waals surface area contributed by atoms with Crippen LogP contribution in [0.4, 0.5) is 0 Å². The van der Waals surface area contributed by atoms with Crippen molar-refractivity contribution in [2.45, 2.75) is 52.1 Å². The van der Waals surface area contributed by atoms with Crippen molar-refractivity contribution in [1.82, 2.24) is 0 Å². The molecule has 0 bridgehead atoms. The Morgan fingerprint density at radius 2 is 1.89 bits per heavy atom. The van der Waals surface area contributed by atoms with E-state index in [9.17, 15) is 4.79 Å². The molecule has 1 aromatic rings. The van der Waals surface area contributed by atoms with Crippen LogP contribution < -0.4 is 0 Å². The number of halogens is 1. The molecule has 0 spiro atoms. The summed E-state index contributed by atoms with van der Waals surface area (Å²) in [4.78, 5) is 11.7. The van der Waals surface area contributed by atoms with Gasteiger partial charge in [-0.15, -0.1) is 0 Å². The summed E-state index contributed by atoms with van der Waals surface area (Å²) < 4.78 is 6.22. The SMILES string of the molecule is CC(C)OC(=O)Cc1cc2c(cc1Br)CCCC2. The van der Waals surface area contributed by atoms with E-state index >= 15 is 0 Å². The van der Waals surface area contributed by atoms with Gasteiger partial charge in [0, 0.05) is 4.47 Å². The normalized spacial score (nSPS) is 14.4. The molecule has 0 aromatic heterocycles. The number of carbonyl (C=O) groups excluding carboxylic acids is 1. The van der Waals surface area contributed by atoms with Crippen LogP contribution in [0, 0.1) is 0 Å². The Morgan fingerprint density at radius 3 is 2.50 bits per heavy atom. The molecule has 0 unspecified atom stereocenters. The summed E-state index contributed by atoms with van der Waals surface area (Å²) in [6.45, 7) is 3.75. The molecule has 0 fully saturated rings. The first kappa shape index (κ1) is 13.6. The molecular weight excluding hydrogens is 292 g/mol. The lowest BCUT2D eigenvalue weighted by atomic mass is 9.90. The third-order valence-corrected chi connectivity index (χ3v) is 3.95.